The van der Waals surface area contributed by atoms with Gasteiger partial charge in [0.2, 0.25) is 0 Å². The minimum atomic E-state index is -0.361. The van der Waals surface area contributed by atoms with Crippen LogP contribution in [0.2, 0.25) is 0 Å². The Balaban J connectivity index is 1.17. The lowest BCUT2D eigenvalue weighted by molar-refractivity contribution is -0.0704. The van der Waals surface area contributed by atoms with E-state index in [1.54, 1.807) is 12.1 Å². The zero-order valence-electron chi connectivity index (χ0n) is 20.9. The number of hydrogen-bond acceptors (Lipinski definition) is 6. The number of ether oxygens (including phenoxy) is 2. The van der Waals surface area contributed by atoms with Crippen LogP contribution in [0, 0.1) is 0 Å². The molecule has 2 aromatic carbocycles. The summed E-state index contributed by atoms with van der Waals surface area (Å²) in [7, 11) is 0. The summed E-state index contributed by atoms with van der Waals surface area (Å²) in [5.74, 6) is -0.964. The fourth-order valence-electron chi connectivity index (χ4n) is 5.31. The summed E-state index contributed by atoms with van der Waals surface area (Å²) >= 11 is 0. The lowest BCUT2D eigenvalue weighted by Gasteiger charge is -2.35. The molecule has 190 valence electrons. The van der Waals surface area contributed by atoms with Gasteiger partial charge in [0.1, 0.15) is 0 Å². The van der Waals surface area contributed by atoms with Crippen molar-refractivity contribution in [3.8, 4) is 0 Å². The van der Waals surface area contributed by atoms with Crippen LogP contribution in [-0.4, -0.2) is 72.1 Å². The Labute approximate surface area is 211 Å². The second kappa shape index (κ2) is 10.5. The summed E-state index contributed by atoms with van der Waals surface area (Å²) in [6, 6.07) is 12.9. The van der Waals surface area contributed by atoms with E-state index < -0.39 is 0 Å². The zero-order chi connectivity index (χ0) is 25.2. The highest BCUT2D eigenvalue weighted by atomic mass is 16.5. The molecule has 3 aliphatic rings. The average Bonchev–Trinajstić information content (AvgIpc) is 3.45. The molecule has 0 aliphatic carbocycles. The Morgan fingerprint density at radius 2 is 1.67 bits per heavy atom. The number of rotatable bonds is 7. The van der Waals surface area contributed by atoms with Crippen molar-refractivity contribution in [3.05, 3.63) is 70.3 Å². The lowest BCUT2D eigenvalue weighted by Crippen LogP contribution is -2.44. The molecule has 0 bridgehead atoms. The molecule has 0 aromatic heterocycles. The molecule has 3 amide bonds. The van der Waals surface area contributed by atoms with Crippen molar-refractivity contribution in [1.29, 1.82) is 0 Å². The van der Waals surface area contributed by atoms with Crippen LogP contribution in [0.1, 0.15) is 68.9 Å². The molecule has 3 unspecified atom stereocenters. The number of benzene rings is 2. The lowest BCUT2D eigenvalue weighted by atomic mass is 10.1. The third-order valence-electron chi connectivity index (χ3n) is 7.02. The smallest absolute Gasteiger partial charge is 0.261 e. The van der Waals surface area contributed by atoms with Crippen molar-refractivity contribution in [1.82, 2.24) is 15.1 Å². The van der Waals surface area contributed by atoms with Crippen LogP contribution in [0.3, 0.4) is 0 Å². The van der Waals surface area contributed by atoms with E-state index in [1.807, 2.05) is 12.1 Å². The highest BCUT2D eigenvalue weighted by Gasteiger charge is 2.38. The van der Waals surface area contributed by atoms with E-state index in [2.05, 4.69) is 36.2 Å². The van der Waals surface area contributed by atoms with E-state index in [1.165, 1.54) is 16.5 Å². The van der Waals surface area contributed by atoms with Gasteiger partial charge in [-0.2, -0.15) is 0 Å². The first-order valence-corrected chi connectivity index (χ1v) is 12.7. The van der Waals surface area contributed by atoms with Crippen LogP contribution in [-0.2, 0) is 22.6 Å². The van der Waals surface area contributed by atoms with Crippen molar-refractivity contribution in [2.75, 3.05) is 26.2 Å². The Morgan fingerprint density at radius 3 is 2.36 bits per heavy atom. The van der Waals surface area contributed by atoms with Gasteiger partial charge in [-0.1, -0.05) is 24.3 Å². The summed E-state index contributed by atoms with van der Waals surface area (Å²) in [5, 5.41) is 2.92. The number of carbonyl (C=O) groups excluding carboxylic acids is 3. The highest BCUT2D eigenvalue weighted by molar-refractivity contribution is 6.22. The third-order valence-corrected chi connectivity index (χ3v) is 7.02. The van der Waals surface area contributed by atoms with Crippen molar-refractivity contribution in [2.24, 2.45) is 0 Å². The molecule has 2 fully saturated rings. The molecule has 1 N–H and O–H groups in total. The van der Waals surface area contributed by atoms with Crippen LogP contribution in [0.4, 0.5) is 0 Å². The van der Waals surface area contributed by atoms with Gasteiger partial charge in [0.15, 0.2) is 0 Å². The van der Waals surface area contributed by atoms with E-state index >= 15 is 0 Å². The molecule has 3 heterocycles. The standard InChI is InChI=1S/C28H33N3O5/c1-18-14-30(15-19(2)36-18)16-21-7-5-20(6-8-21)13-29-26(32)22-9-10-24-25(12-22)28(34)31(27(24)33)17-23-4-3-11-35-23/h5-10,12,18-19,23H,3-4,11,13-17H2,1-2H3,(H,29,32). The first-order chi connectivity index (χ1) is 17.4. The molecular weight excluding hydrogens is 458 g/mol. The minimum absolute atomic E-state index is 0.109. The molecular formula is C28H33N3O5. The van der Waals surface area contributed by atoms with Crippen LogP contribution < -0.4 is 5.32 Å². The van der Waals surface area contributed by atoms with E-state index in [0.717, 1.165) is 38.0 Å². The normalized spacial score (nSPS) is 24.3. The van der Waals surface area contributed by atoms with Gasteiger partial charge in [-0.25, -0.2) is 0 Å². The summed E-state index contributed by atoms with van der Waals surface area (Å²) in [6.07, 6.45) is 2.14. The maximum absolute atomic E-state index is 12.9. The molecule has 0 radical (unpaired) electrons. The zero-order valence-corrected chi connectivity index (χ0v) is 20.9. The van der Waals surface area contributed by atoms with Crippen molar-refractivity contribution in [3.63, 3.8) is 0 Å². The average molecular weight is 492 g/mol. The van der Waals surface area contributed by atoms with Crippen molar-refractivity contribution in [2.45, 2.75) is 58.1 Å². The second-order valence-corrected chi connectivity index (χ2v) is 10.1. The number of fused-ring (bicyclic) bond motifs is 1. The third kappa shape index (κ3) is 5.36. The predicted octanol–water partition coefficient (Wildman–Crippen LogP) is 3.00. The second-order valence-electron chi connectivity index (χ2n) is 10.1. The summed E-state index contributed by atoms with van der Waals surface area (Å²) in [5.41, 5.74) is 3.20. The minimum Gasteiger partial charge on any atom is -0.376 e. The Hall–Kier alpha value is -3.07. The molecule has 2 aromatic rings. The topological polar surface area (TPSA) is 88.2 Å². The van der Waals surface area contributed by atoms with Gasteiger partial charge < -0.3 is 14.8 Å². The molecule has 36 heavy (non-hydrogen) atoms. The monoisotopic (exact) mass is 491 g/mol. The van der Waals surface area contributed by atoms with Crippen LogP contribution in [0.15, 0.2) is 42.5 Å². The number of morpholine rings is 1. The Morgan fingerprint density at radius 1 is 0.972 bits per heavy atom. The molecule has 3 atom stereocenters. The maximum atomic E-state index is 12.9. The molecule has 0 spiro atoms. The van der Waals surface area contributed by atoms with Gasteiger partial charge in [-0.3, -0.25) is 24.2 Å². The van der Waals surface area contributed by atoms with E-state index in [4.69, 9.17) is 9.47 Å². The fraction of sp³-hybridized carbons (Fsp3) is 0.464. The number of nitrogens with zero attached hydrogens (tertiary/aromatic N) is 2. The van der Waals surface area contributed by atoms with Crippen LogP contribution >= 0.6 is 0 Å². The molecule has 8 heteroatoms. The molecule has 0 saturated carbocycles. The van der Waals surface area contributed by atoms with Crippen LogP contribution in [0.5, 0.6) is 0 Å². The SMILES string of the molecule is CC1CN(Cc2ccc(CNC(=O)c3ccc4c(c3)C(=O)N(CC3CCCO3)C4=O)cc2)CC(C)O1. The summed E-state index contributed by atoms with van der Waals surface area (Å²) < 4.78 is 11.4. The van der Waals surface area contributed by atoms with E-state index in [9.17, 15) is 14.4 Å². The molecule has 5 rings (SSSR count). The number of nitrogens with one attached hydrogen (secondary N) is 1. The first-order valence-electron chi connectivity index (χ1n) is 12.7. The first kappa shape index (κ1) is 24.6. The number of carbonyl (C=O) groups is 3. The molecule has 3 aliphatic heterocycles. The highest BCUT2D eigenvalue weighted by Crippen LogP contribution is 2.26. The van der Waals surface area contributed by atoms with Gasteiger partial charge in [-0.05, 0) is 56.0 Å². The van der Waals surface area contributed by atoms with Crippen LogP contribution in [0.25, 0.3) is 0 Å². The van der Waals surface area contributed by atoms with E-state index in [-0.39, 0.29) is 48.1 Å². The van der Waals surface area contributed by atoms with Gasteiger partial charge in [-0.15, -0.1) is 0 Å². The van der Waals surface area contributed by atoms with Gasteiger partial charge >= 0.3 is 0 Å². The summed E-state index contributed by atoms with van der Waals surface area (Å²) in [4.78, 5) is 42.0. The predicted molar refractivity (Wildman–Crippen MR) is 134 cm³/mol. The van der Waals surface area contributed by atoms with Gasteiger partial charge in [0, 0.05) is 38.3 Å². The largest absolute Gasteiger partial charge is 0.376 e. The summed E-state index contributed by atoms with van der Waals surface area (Å²) in [6.45, 7) is 8.21. The van der Waals surface area contributed by atoms with E-state index in [0.29, 0.717) is 24.3 Å². The molecule has 8 nitrogen and oxygen atoms in total. The fourth-order valence-corrected chi connectivity index (χ4v) is 5.31. The maximum Gasteiger partial charge on any atom is 0.261 e. The number of hydrogen-bond donors (Lipinski definition) is 1. The quantitative estimate of drug-likeness (QED) is 0.599. The van der Waals surface area contributed by atoms with Crippen molar-refractivity contribution >= 4 is 17.7 Å². The Bertz CT molecular complexity index is 1130. The van der Waals surface area contributed by atoms with Crippen molar-refractivity contribution < 1.29 is 23.9 Å². The van der Waals surface area contributed by atoms with Gasteiger partial charge in [0.05, 0.1) is 36.0 Å². The molecule has 2 saturated heterocycles. The number of imide groups is 1. The van der Waals surface area contributed by atoms with Gasteiger partial charge in [0.25, 0.3) is 17.7 Å². The number of amides is 3. The Kier molecular flexibility index (Phi) is 7.18.